The van der Waals surface area contributed by atoms with E-state index < -0.39 is 48.7 Å². The fourth-order valence-corrected chi connectivity index (χ4v) is 9.20. The van der Waals surface area contributed by atoms with Crippen LogP contribution in [0.4, 0.5) is 17.6 Å². The zero-order valence-corrected chi connectivity index (χ0v) is 41.9. The van der Waals surface area contributed by atoms with E-state index in [1.54, 1.807) is 58.0 Å². The van der Waals surface area contributed by atoms with Crippen molar-refractivity contribution in [2.75, 3.05) is 45.9 Å². The molecule has 0 bridgehead atoms. The summed E-state index contributed by atoms with van der Waals surface area (Å²) in [6.07, 6.45) is -4.62. The van der Waals surface area contributed by atoms with Gasteiger partial charge in [-0.3, -0.25) is 14.5 Å². The third kappa shape index (κ3) is 14.6. The molecule has 15 nitrogen and oxygen atoms in total. The van der Waals surface area contributed by atoms with Crippen LogP contribution in [0.2, 0.25) is 5.02 Å². The van der Waals surface area contributed by atoms with Crippen molar-refractivity contribution in [3.63, 3.8) is 0 Å². The maximum Gasteiger partial charge on any atom is 0.392 e. The molecule has 0 unspecified atom stereocenters. The van der Waals surface area contributed by atoms with Crippen molar-refractivity contribution in [3.8, 4) is 39.2 Å². The first-order chi connectivity index (χ1) is 34.3. The number of esters is 2. The van der Waals surface area contributed by atoms with Crippen molar-refractivity contribution < 1.29 is 55.6 Å². The summed E-state index contributed by atoms with van der Waals surface area (Å²) in [5, 5.41) is 7.24. The van der Waals surface area contributed by atoms with Crippen LogP contribution in [0, 0.1) is 12.7 Å². The molecule has 72 heavy (non-hydrogen) atoms. The van der Waals surface area contributed by atoms with Gasteiger partial charge < -0.3 is 34.3 Å². The van der Waals surface area contributed by atoms with E-state index in [0.717, 1.165) is 17.7 Å². The Morgan fingerprint density at radius 1 is 1.00 bits per heavy atom. The van der Waals surface area contributed by atoms with Gasteiger partial charge in [0.05, 0.1) is 37.1 Å². The van der Waals surface area contributed by atoms with E-state index in [9.17, 15) is 31.9 Å². The third-order valence-electron chi connectivity index (χ3n) is 11.1. The van der Waals surface area contributed by atoms with Gasteiger partial charge in [-0.1, -0.05) is 48.0 Å². The van der Waals surface area contributed by atoms with Crippen molar-refractivity contribution >= 4 is 51.0 Å². The Kier molecular flexibility index (Phi) is 17.6. The van der Waals surface area contributed by atoms with Gasteiger partial charge in [0.25, 0.3) is 0 Å². The number of alkyl halides is 3. The molecule has 1 atom stereocenters. The number of halogens is 5. The van der Waals surface area contributed by atoms with Crippen LogP contribution in [0.1, 0.15) is 62.1 Å². The minimum Gasteiger partial charge on any atom is -0.487 e. The van der Waals surface area contributed by atoms with Gasteiger partial charge >= 0.3 is 24.1 Å². The van der Waals surface area contributed by atoms with Gasteiger partial charge in [0.1, 0.15) is 41.5 Å². The van der Waals surface area contributed by atoms with Crippen LogP contribution in [-0.4, -0.2) is 107 Å². The van der Waals surface area contributed by atoms with Crippen molar-refractivity contribution in [1.29, 1.82) is 0 Å². The molecule has 0 aliphatic carbocycles. The molecule has 6 aromatic rings. The van der Waals surface area contributed by atoms with Gasteiger partial charge in [0.2, 0.25) is 17.9 Å². The summed E-state index contributed by atoms with van der Waals surface area (Å²) in [6.45, 7) is 11.5. The molecule has 382 valence electrons. The van der Waals surface area contributed by atoms with E-state index in [1.165, 1.54) is 42.1 Å². The second-order valence-corrected chi connectivity index (χ2v) is 19.2. The Labute approximate surface area is 422 Å². The number of piperazine rings is 1. The van der Waals surface area contributed by atoms with E-state index in [0.29, 0.717) is 80.7 Å². The fourth-order valence-electron chi connectivity index (χ4n) is 7.81. The summed E-state index contributed by atoms with van der Waals surface area (Å²) in [5.74, 6) is -1.34. The summed E-state index contributed by atoms with van der Waals surface area (Å²) in [4.78, 5) is 59.6. The first kappa shape index (κ1) is 53.3. The molecule has 1 saturated heterocycles. The lowest BCUT2D eigenvalue weighted by molar-refractivity contribution is -0.154. The SMILES string of the molecule is CCOC(=O)[C@@H](Cc1cc(CC(=O)OC(C)(C)C)ccc1OCc1ccnc(OCCC(F)(F)F)n1)Oc1ncnc2sc(-c3ccc(F)cc3)c(-c3ccc(CNCCN4CCNC(=O)C4)c(Cl)c3C)c12. The molecule has 7 rings (SSSR count). The van der Waals surface area contributed by atoms with Crippen LogP contribution in [-0.2, 0) is 49.9 Å². The van der Waals surface area contributed by atoms with Crippen LogP contribution in [0.15, 0.2) is 73.2 Å². The highest BCUT2D eigenvalue weighted by Gasteiger charge is 2.31. The van der Waals surface area contributed by atoms with Crippen LogP contribution in [0.5, 0.6) is 17.6 Å². The van der Waals surface area contributed by atoms with Gasteiger partial charge in [-0.05, 0) is 92.3 Å². The zero-order chi connectivity index (χ0) is 51.6. The first-order valence-electron chi connectivity index (χ1n) is 23.2. The normalized spacial score (nSPS) is 13.7. The Bertz CT molecular complexity index is 2880. The predicted octanol–water partition coefficient (Wildman–Crippen LogP) is 8.79. The lowest BCUT2D eigenvalue weighted by Gasteiger charge is -2.26. The summed E-state index contributed by atoms with van der Waals surface area (Å²) < 4.78 is 81.9. The highest BCUT2D eigenvalue weighted by atomic mass is 35.5. The average Bonchev–Trinajstić information content (AvgIpc) is 3.71. The van der Waals surface area contributed by atoms with E-state index in [-0.39, 0.29) is 55.3 Å². The van der Waals surface area contributed by atoms with Crippen LogP contribution in [0.3, 0.4) is 0 Å². The molecule has 0 radical (unpaired) electrons. The number of hydrogen-bond acceptors (Lipinski definition) is 15. The lowest BCUT2D eigenvalue weighted by Crippen LogP contribution is -2.49. The maximum atomic E-state index is 14.4. The number of hydrogen-bond donors (Lipinski definition) is 2. The minimum absolute atomic E-state index is 0.00223. The molecule has 1 fully saturated rings. The van der Waals surface area contributed by atoms with E-state index in [1.807, 2.05) is 19.1 Å². The van der Waals surface area contributed by atoms with Crippen molar-refractivity contribution in [2.45, 2.75) is 84.9 Å². The van der Waals surface area contributed by atoms with Crippen molar-refractivity contribution in [2.24, 2.45) is 0 Å². The number of nitrogens with zero attached hydrogens (tertiary/aromatic N) is 5. The predicted molar refractivity (Wildman–Crippen MR) is 262 cm³/mol. The number of carbonyl (C=O) groups is 3. The summed E-state index contributed by atoms with van der Waals surface area (Å²) in [5.41, 5.74) is 4.09. The second kappa shape index (κ2) is 23.8. The molecule has 0 spiro atoms. The summed E-state index contributed by atoms with van der Waals surface area (Å²) >= 11 is 8.48. The number of carbonyl (C=O) groups excluding carboxylic acids is 3. The Hall–Kier alpha value is -6.48. The number of fused-ring (bicyclic) bond motifs is 1. The molecule has 1 aliphatic rings. The van der Waals surface area contributed by atoms with Crippen LogP contribution < -0.4 is 24.8 Å². The highest BCUT2D eigenvalue weighted by molar-refractivity contribution is 7.22. The molecule has 2 N–H and O–H groups in total. The molecular formula is C51H54ClF4N7O8S. The third-order valence-corrected chi connectivity index (χ3v) is 12.8. The smallest absolute Gasteiger partial charge is 0.392 e. The molecule has 21 heteroatoms. The second-order valence-electron chi connectivity index (χ2n) is 17.8. The number of nitrogens with one attached hydrogen (secondary N) is 2. The topological polar surface area (TPSA) is 176 Å². The first-order valence-corrected chi connectivity index (χ1v) is 24.4. The van der Waals surface area contributed by atoms with Crippen LogP contribution >= 0.6 is 22.9 Å². The molecule has 1 aliphatic heterocycles. The molecule has 1 amide bonds. The van der Waals surface area contributed by atoms with E-state index >= 15 is 0 Å². The lowest BCUT2D eigenvalue weighted by atomic mass is 9.94. The Morgan fingerprint density at radius 2 is 1.79 bits per heavy atom. The summed E-state index contributed by atoms with van der Waals surface area (Å²) in [6, 6.07) is 16.1. The van der Waals surface area contributed by atoms with Gasteiger partial charge in [0.15, 0.2) is 0 Å². The zero-order valence-electron chi connectivity index (χ0n) is 40.3. The number of rotatable bonds is 21. The number of thiophene rings is 1. The monoisotopic (exact) mass is 1040 g/mol. The van der Waals surface area contributed by atoms with Gasteiger partial charge in [-0.25, -0.2) is 24.1 Å². The minimum atomic E-state index is -4.43. The number of amides is 1. The van der Waals surface area contributed by atoms with Gasteiger partial charge in [-0.2, -0.15) is 18.2 Å². The Balaban J connectivity index is 1.23. The quantitative estimate of drug-likeness (QED) is 0.0397. The largest absolute Gasteiger partial charge is 0.487 e. The average molecular weight is 1040 g/mol. The summed E-state index contributed by atoms with van der Waals surface area (Å²) in [7, 11) is 0. The fraction of sp³-hybridized carbons (Fsp3) is 0.392. The molecule has 3 aromatic heterocycles. The number of ether oxygens (including phenoxy) is 5. The molecule has 0 saturated carbocycles. The van der Waals surface area contributed by atoms with Crippen molar-refractivity contribution in [3.05, 3.63) is 112 Å². The van der Waals surface area contributed by atoms with E-state index in [2.05, 4.69) is 35.5 Å². The molecular weight excluding hydrogens is 982 g/mol. The van der Waals surface area contributed by atoms with Crippen molar-refractivity contribution in [1.82, 2.24) is 35.5 Å². The van der Waals surface area contributed by atoms with Gasteiger partial charge in [0, 0.05) is 60.8 Å². The molecule has 4 heterocycles. The standard InChI is InChI=1S/C51H54ClF4N7O8S/c1-6-67-48(66)39(25-34-23-31(24-41(65)71-50(3,4)5)7-14-38(34)69-28-36-15-17-59-49(62-36)68-22-16-51(54,55)56)70-46-43-42(45(72-47(43)61-29-60-46)32-8-11-35(53)12-9-32)37-13-10-33(44(52)30(37)2)26-57-18-20-63-21-19-58-40(64)27-63/h7-15,17,23,29,39,57H,6,16,18-22,24-28H2,1-5H3,(H,58,64)/t39-/m1/s1. The van der Waals surface area contributed by atoms with E-state index in [4.69, 9.17) is 35.3 Å². The van der Waals surface area contributed by atoms with Crippen LogP contribution in [0.25, 0.3) is 31.8 Å². The molecule has 3 aromatic carbocycles. The Morgan fingerprint density at radius 3 is 2.53 bits per heavy atom. The highest BCUT2D eigenvalue weighted by Crippen LogP contribution is 2.49. The number of benzene rings is 3. The van der Waals surface area contributed by atoms with Gasteiger partial charge in [-0.15, -0.1) is 11.3 Å². The maximum absolute atomic E-state index is 14.4. The number of aromatic nitrogens is 4.